The fourth-order valence-electron chi connectivity index (χ4n) is 6.49. The number of aromatic nitrogens is 1. The van der Waals surface area contributed by atoms with Crippen molar-refractivity contribution in [3.05, 3.63) is 65.5 Å². The average molecular weight is 421 g/mol. The summed E-state index contributed by atoms with van der Waals surface area (Å²) in [5.74, 6) is 0. The lowest BCUT2D eigenvalue weighted by molar-refractivity contribution is -0.104. The number of nitrogens with zero attached hydrogens (tertiary/aromatic N) is 1. The molecule has 4 heteroatoms. The molecule has 2 heterocycles. The van der Waals surface area contributed by atoms with E-state index < -0.39 is 0 Å². The van der Waals surface area contributed by atoms with Crippen molar-refractivity contribution in [2.24, 2.45) is 0 Å². The van der Waals surface area contributed by atoms with Crippen LogP contribution in [-0.4, -0.2) is 30.8 Å². The summed E-state index contributed by atoms with van der Waals surface area (Å²) >= 11 is 0. The predicted octanol–water partition coefficient (Wildman–Crippen LogP) is 5.64. The Morgan fingerprint density at radius 3 is 2.61 bits per heavy atom. The van der Waals surface area contributed by atoms with Gasteiger partial charge in [-0.05, 0) is 74.8 Å². The van der Waals surface area contributed by atoms with E-state index in [-0.39, 0.29) is 17.1 Å². The molecule has 1 saturated carbocycles. The minimum absolute atomic E-state index is 0.0822. The molecule has 2 aliphatic carbocycles. The summed E-state index contributed by atoms with van der Waals surface area (Å²) in [4.78, 5) is 4.85. The van der Waals surface area contributed by atoms with E-state index >= 15 is 0 Å². The Morgan fingerprint density at radius 1 is 1.03 bits per heavy atom. The molecular formula is C27H36N2O2. The molecule has 5 rings (SSSR count). The number of rotatable bonds is 6. The van der Waals surface area contributed by atoms with E-state index in [4.69, 9.17) is 14.5 Å². The van der Waals surface area contributed by atoms with Crippen molar-refractivity contribution in [3.63, 3.8) is 0 Å². The van der Waals surface area contributed by atoms with Crippen molar-refractivity contribution >= 4 is 0 Å². The predicted molar refractivity (Wildman–Crippen MR) is 123 cm³/mol. The van der Waals surface area contributed by atoms with Crippen LogP contribution in [0.4, 0.5) is 0 Å². The molecule has 1 aliphatic heterocycles. The van der Waals surface area contributed by atoms with E-state index in [9.17, 15) is 0 Å². The maximum Gasteiger partial charge on any atom is 0.0825 e. The molecule has 2 fully saturated rings. The van der Waals surface area contributed by atoms with E-state index in [0.717, 1.165) is 45.3 Å². The first-order chi connectivity index (χ1) is 15.2. The Balaban J connectivity index is 1.33. The van der Waals surface area contributed by atoms with Gasteiger partial charge in [0.1, 0.15) is 0 Å². The van der Waals surface area contributed by atoms with Gasteiger partial charge in [-0.2, -0.15) is 0 Å². The Labute approximate surface area is 186 Å². The van der Waals surface area contributed by atoms with Crippen LogP contribution in [0.1, 0.15) is 86.8 Å². The molecule has 166 valence electrons. The van der Waals surface area contributed by atoms with Crippen molar-refractivity contribution in [1.82, 2.24) is 10.3 Å². The van der Waals surface area contributed by atoms with Crippen LogP contribution in [0.5, 0.6) is 0 Å². The molecule has 4 nitrogen and oxygen atoms in total. The third-order valence-electron chi connectivity index (χ3n) is 8.09. The van der Waals surface area contributed by atoms with Gasteiger partial charge in [0.2, 0.25) is 0 Å². The van der Waals surface area contributed by atoms with Gasteiger partial charge in [-0.15, -0.1) is 0 Å². The van der Waals surface area contributed by atoms with Crippen LogP contribution in [-0.2, 0) is 14.9 Å². The molecule has 1 saturated heterocycles. The van der Waals surface area contributed by atoms with Crippen LogP contribution in [0.2, 0.25) is 0 Å². The molecule has 1 aromatic carbocycles. The maximum atomic E-state index is 6.41. The van der Waals surface area contributed by atoms with E-state index in [2.05, 4.69) is 41.7 Å². The van der Waals surface area contributed by atoms with Gasteiger partial charge in [0.15, 0.2) is 0 Å². The average Bonchev–Trinajstić information content (AvgIpc) is 3.27. The third-order valence-corrected chi connectivity index (χ3v) is 8.09. The first kappa shape index (κ1) is 21.1. The molecule has 0 amide bonds. The van der Waals surface area contributed by atoms with Crippen molar-refractivity contribution in [2.45, 2.75) is 80.9 Å². The van der Waals surface area contributed by atoms with Gasteiger partial charge >= 0.3 is 0 Å². The second-order valence-electron chi connectivity index (χ2n) is 9.85. The highest BCUT2D eigenvalue weighted by atomic mass is 16.5. The molecule has 1 spiro atoms. The van der Waals surface area contributed by atoms with Crippen molar-refractivity contribution in [1.29, 1.82) is 0 Å². The number of ether oxygens (including phenoxy) is 2. The fourth-order valence-corrected chi connectivity index (χ4v) is 6.49. The number of hydrogen-bond donors (Lipinski definition) is 1. The quantitative estimate of drug-likeness (QED) is 0.656. The molecule has 0 radical (unpaired) electrons. The van der Waals surface area contributed by atoms with E-state index in [1.54, 1.807) is 0 Å². The molecular weight excluding hydrogens is 384 g/mol. The van der Waals surface area contributed by atoms with E-state index in [0.29, 0.717) is 6.04 Å². The summed E-state index contributed by atoms with van der Waals surface area (Å²) in [6.45, 7) is 1.86. The normalized spacial score (nSPS) is 29.7. The van der Waals surface area contributed by atoms with E-state index in [1.165, 1.54) is 42.5 Å². The Bertz CT molecular complexity index is 865. The number of fused-ring (bicyclic) bond motifs is 1. The monoisotopic (exact) mass is 420 g/mol. The first-order valence-corrected chi connectivity index (χ1v) is 12.1. The lowest BCUT2D eigenvalue weighted by Crippen LogP contribution is -2.47. The minimum atomic E-state index is 0.0822. The highest BCUT2D eigenvalue weighted by Crippen LogP contribution is 2.49. The summed E-state index contributed by atoms with van der Waals surface area (Å²) in [5, 5.41) is 3.92. The standard InChI is InChI=1S/C27H36N2O2/c1-30-24-12-11-23(21-8-2-3-9-22(21)24)28-18-15-26(25-10-4-7-17-29-25)16-19-31-27(20-26)13-5-6-14-27/h2-4,7-10,17,23-24,28H,5-6,11-16,18-20H2,1H3/t23-,24-,26?/m0/s1. The molecule has 2 aromatic rings. The van der Waals surface area contributed by atoms with Crippen molar-refractivity contribution in [3.8, 4) is 0 Å². The Morgan fingerprint density at radius 2 is 1.84 bits per heavy atom. The molecule has 3 aliphatic rings. The second-order valence-corrected chi connectivity index (χ2v) is 9.85. The van der Waals surface area contributed by atoms with Gasteiger partial charge in [0.05, 0.1) is 11.7 Å². The zero-order chi connectivity index (χ0) is 21.2. The topological polar surface area (TPSA) is 43.4 Å². The van der Waals surface area contributed by atoms with Gasteiger partial charge in [-0.25, -0.2) is 0 Å². The van der Waals surface area contributed by atoms with E-state index in [1.807, 2.05) is 19.4 Å². The van der Waals surface area contributed by atoms with Crippen molar-refractivity contribution in [2.75, 3.05) is 20.3 Å². The summed E-state index contributed by atoms with van der Waals surface area (Å²) < 4.78 is 12.2. The SMILES string of the molecule is CO[C@H]1CC[C@H](NCCC2(c3ccccn3)CCOC3(CCCC3)C2)c2ccccc21. The van der Waals surface area contributed by atoms with Crippen LogP contribution in [0, 0.1) is 0 Å². The molecule has 0 bridgehead atoms. The highest BCUT2D eigenvalue weighted by Gasteiger charge is 2.48. The number of nitrogens with one attached hydrogen (secondary N) is 1. The summed E-state index contributed by atoms with van der Waals surface area (Å²) in [6.07, 6.45) is 12.7. The number of hydrogen-bond acceptors (Lipinski definition) is 4. The summed E-state index contributed by atoms with van der Waals surface area (Å²) in [5.41, 5.74) is 4.21. The molecule has 1 aromatic heterocycles. The summed E-state index contributed by atoms with van der Waals surface area (Å²) in [6, 6.07) is 15.6. The van der Waals surface area contributed by atoms with Gasteiger partial charge in [-0.3, -0.25) is 4.98 Å². The lowest BCUT2D eigenvalue weighted by atomic mass is 9.68. The number of pyridine rings is 1. The third kappa shape index (κ3) is 4.18. The minimum Gasteiger partial charge on any atom is -0.377 e. The van der Waals surface area contributed by atoms with Crippen LogP contribution in [0.3, 0.4) is 0 Å². The van der Waals surface area contributed by atoms with Gasteiger partial charge in [-0.1, -0.05) is 43.2 Å². The van der Waals surface area contributed by atoms with Gasteiger partial charge in [0, 0.05) is 37.1 Å². The smallest absolute Gasteiger partial charge is 0.0825 e. The highest BCUT2D eigenvalue weighted by molar-refractivity contribution is 5.34. The number of benzene rings is 1. The largest absolute Gasteiger partial charge is 0.377 e. The lowest BCUT2D eigenvalue weighted by Gasteiger charge is -2.46. The zero-order valence-corrected chi connectivity index (χ0v) is 18.8. The Kier molecular flexibility index (Phi) is 6.14. The van der Waals surface area contributed by atoms with Crippen LogP contribution < -0.4 is 5.32 Å². The number of methoxy groups -OCH3 is 1. The first-order valence-electron chi connectivity index (χ1n) is 12.1. The Hall–Kier alpha value is -1.75. The van der Waals surface area contributed by atoms with Crippen LogP contribution >= 0.6 is 0 Å². The van der Waals surface area contributed by atoms with Crippen LogP contribution in [0.15, 0.2) is 48.7 Å². The zero-order valence-electron chi connectivity index (χ0n) is 18.8. The van der Waals surface area contributed by atoms with Crippen molar-refractivity contribution < 1.29 is 9.47 Å². The fraction of sp³-hybridized carbons (Fsp3) is 0.593. The van der Waals surface area contributed by atoms with Gasteiger partial charge in [0.25, 0.3) is 0 Å². The second kappa shape index (κ2) is 9.01. The molecule has 31 heavy (non-hydrogen) atoms. The maximum absolute atomic E-state index is 6.41. The molecule has 3 atom stereocenters. The molecule has 1 N–H and O–H groups in total. The molecule has 1 unspecified atom stereocenters. The van der Waals surface area contributed by atoms with Crippen LogP contribution in [0.25, 0.3) is 0 Å². The van der Waals surface area contributed by atoms with Gasteiger partial charge < -0.3 is 14.8 Å². The summed E-state index contributed by atoms with van der Waals surface area (Å²) in [7, 11) is 1.83.